The number of hydrogen-bond acceptors (Lipinski definition) is 3. The van der Waals surface area contributed by atoms with E-state index in [1.165, 1.54) is 82.6 Å². The van der Waals surface area contributed by atoms with E-state index in [1.807, 2.05) is 0 Å². The van der Waals surface area contributed by atoms with Crippen molar-refractivity contribution in [3.8, 4) is 17.1 Å². The van der Waals surface area contributed by atoms with Crippen molar-refractivity contribution in [3.05, 3.63) is 42.2 Å². The molecule has 0 bridgehead atoms. The average molecular weight is 485 g/mol. The van der Waals surface area contributed by atoms with Crippen LogP contribution in [-0.2, 0) is 6.42 Å². The molecular formula is C31H49FN2O. The van der Waals surface area contributed by atoms with Gasteiger partial charge in [0.1, 0.15) is 12.8 Å². The van der Waals surface area contributed by atoms with Crippen LogP contribution < -0.4 is 4.74 Å². The normalized spacial score (nSPS) is 13.0. The van der Waals surface area contributed by atoms with Gasteiger partial charge in [-0.2, -0.15) is 0 Å². The van der Waals surface area contributed by atoms with Gasteiger partial charge in [0.25, 0.3) is 0 Å². The Bertz CT molecular complexity index is 763. The fourth-order valence-electron chi connectivity index (χ4n) is 4.55. The summed E-state index contributed by atoms with van der Waals surface area (Å²) in [6.07, 6.45) is 20.9. The molecule has 3 nitrogen and oxygen atoms in total. The minimum absolute atomic E-state index is 0.0639. The Morgan fingerprint density at radius 1 is 0.771 bits per heavy atom. The van der Waals surface area contributed by atoms with Crippen LogP contribution in [0.2, 0.25) is 0 Å². The predicted octanol–water partition coefficient (Wildman–Crippen LogP) is 9.54. The molecule has 0 radical (unpaired) electrons. The van der Waals surface area contributed by atoms with Gasteiger partial charge in [-0.3, -0.25) is 0 Å². The van der Waals surface area contributed by atoms with E-state index in [2.05, 4.69) is 55.0 Å². The molecule has 0 aliphatic carbocycles. The maximum absolute atomic E-state index is 14.3. The summed E-state index contributed by atoms with van der Waals surface area (Å²) in [5.41, 5.74) is 2.37. The van der Waals surface area contributed by atoms with Crippen molar-refractivity contribution in [2.75, 3.05) is 6.61 Å². The van der Waals surface area contributed by atoms with Crippen LogP contribution >= 0.6 is 0 Å². The van der Waals surface area contributed by atoms with E-state index < -0.39 is 6.17 Å². The molecule has 0 N–H and O–H groups in total. The van der Waals surface area contributed by atoms with Gasteiger partial charge in [-0.15, -0.1) is 0 Å². The van der Waals surface area contributed by atoms with Gasteiger partial charge in [0.15, 0.2) is 11.6 Å². The molecule has 35 heavy (non-hydrogen) atoms. The molecule has 2 rings (SSSR count). The van der Waals surface area contributed by atoms with E-state index in [-0.39, 0.29) is 6.61 Å². The van der Waals surface area contributed by atoms with E-state index in [1.54, 1.807) is 12.4 Å². The number of aryl methyl sites for hydroxylation is 1. The van der Waals surface area contributed by atoms with Gasteiger partial charge in [0, 0.05) is 5.56 Å². The molecule has 0 amide bonds. The number of rotatable bonds is 20. The first-order chi connectivity index (χ1) is 17.1. The fourth-order valence-corrected chi connectivity index (χ4v) is 4.55. The van der Waals surface area contributed by atoms with Crippen molar-refractivity contribution in [2.24, 2.45) is 5.92 Å². The third-order valence-corrected chi connectivity index (χ3v) is 6.80. The zero-order valence-electron chi connectivity index (χ0n) is 22.6. The smallest absolute Gasteiger partial charge is 0.159 e. The third-order valence-electron chi connectivity index (χ3n) is 6.80. The number of benzene rings is 1. The van der Waals surface area contributed by atoms with Crippen LogP contribution in [0.15, 0.2) is 36.7 Å². The van der Waals surface area contributed by atoms with Gasteiger partial charge in [-0.25, -0.2) is 14.4 Å². The molecule has 0 fully saturated rings. The highest BCUT2D eigenvalue weighted by atomic mass is 19.1. The Balaban J connectivity index is 1.65. The summed E-state index contributed by atoms with van der Waals surface area (Å²) in [5.74, 6) is 1.59. The molecule has 4 heteroatoms. The van der Waals surface area contributed by atoms with E-state index >= 15 is 0 Å². The van der Waals surface area contributed by atoms with E-state index in [0.29, 0.717) is 23.9 Å². The minimum Gasteiger partial charge on any atom is -0.487 e. The molecule has 0 saturated heterocycles. The number of ether oxygens (including phenoxy) is 1. The molecule has 1 heterocycles. The standard InChI is InChI=1S/C31H49FN2O/c1-4-6-8-9-10-11-12-13-15-17-27-18-20-28(21-19-27)31-33-23-30(24-34-31)35-25-29(32)22-26(3)16-14-7-5-2/h18-21,23-24,26,29H,4-17,22,25H2,1-3H3. The van der Waals surface area contributed by atoms with Crippen molar-refractivity contribution >= 4 is 0 Å². The summed E-state index contributed by atoms with van der Waals surface area (Å²) in [5, 5.41) is 0. The largest absolute Gasteiger partial charge is 0.487 e. The monoisotopic (exact) mass is 484 g/mol. The van der Waals surface area contributed by atoms with Gasteiger partial charge in [0.05, 0.1) is 12.4 Å². The number of nitrogens with zero attached hydrogens (tertiary/aromatic N) is 2. The van der Waals surface area contributed by atoms with Crippen molar-refractivity contribution < 1.29 is 9.13 Å². The van der Waals surface area contributed by atoms with Gasteiger partial charge in [-0.1, -0.05) is 122 Å². The van der Waals surface area contributed by atoms with Crippen LogP contribution in [0.4, 0.5) is 4.39 Å². The highest BCUT2D eigenvalue weighted by Gasteiger charge is 2.13. The molecule has 0 saturated carbocycles. The van der Waals surface area contributed by atoms with Crippen LogP contribution in [0.1, 0.15) is 116 Å². The molecule has 0 aliphatic rings. The first-order valence-electron chi connectivity index (χ1n) is 14.3. The lowest BCUT2D eigenvalue weighted by Gasteiger charge is -2.15. The summed E-state index contributed by atoms with van der Waals surface area (Å²) in [6, 6.07) is 8.55. The van der Waals surface area contributed by atoms with Crippen LogP contribution in [0.3, 0.4) is 0 Å². The Kier molecular flexibility index (Phi) is 15.3. The maximum Gasteiger partial charge on any atom is 0.159 e. The van der Waals surface area contributed by atoms with E-state index in [0.717, 1.165) is 18.4 Å². The van der Waals surface area contributed by atoms with Crippen molar-refractivity contribution in [1.82, 2.24) is 9.97 Å². The summed E-state index contributed by atoms with van der Waals surface area (Å²) >= 11 is 0. The second-order valence-corrected chi connectivity index (χ2v) is 10.3. The highest BCUT2D eigenvalue weighted by molar-refractivity contribution is 5.55. The zero-order chi connectivity index (χ0) is 25.1. The second kappa shape index (κ2) is 18.3. The Morgan fingerprint density at radius 3 is 1.97 bits per heavy atom. The summed E-state index contributed by atoms with van der Waals surface area (Å²) < 4.78 is 19.9. The Morgan fingerprint density at radius 2 is 1.34 bits per heavy atom. The molecule has 1 aromatic heterocycles. The van der Waals surface area contributed by atoms with E-state index in [4.69, 9.17) is 4.74 Å². The first kappa shape index (κ1) is 29.3. The van der Waals surface area contributed by atoms with Gasteiger partial charge >= 0.3 is 0 Å². The van der Waals surface area contributed by atoms with Crippen molar-refractivity contribution in [1.29, 1.82) is 0 Å². The molecule has 2 aromatic rings. The molecule has 196 valence electrons. The second-order valence-electron chi connectivity index (χ2n) is 10.3. The molecular weight excluding hydrogens is 435 g/mol. The molecule has 2 atom stereocenters. The summed E-state index contributed by atoms with van der Waals surface area (Å²) in [7, 11) is 0. The Hall–Kier alpha value is -1.97. The lowest BCUT2D eigenvalue weighted by molar-refractivity contribution is 0.167. The number of aromatic nitrogens is 2. The third kappa shape index (κ3) is 13.1. The summed E-state index contributed by atoms with van der Waals surface area (Å²) in [6.45, 7) is 6.65. The van der Waals surface area contributed by atoms with Crippen LogP contribution in [0, 0.1) is 5.92 Å². The lowest BCUT2D eigenvalue weighted by Crippen LogP contribution is -2.16. The van der Waals surface area contributed by atoms with Crippen molar-refractivity contribution in [3.63, 3.8) is 0 Å². The SMILES string of the molecule is CCCCCCCCCCCc1ccc(-c2ncc(OCC(F)CC(C)CCCCC)cn2)cc1. The fraction of sp³-hybridized carbons (Fsp3) is 0.677. The minimum atomic E-state index is -0.954. The zero-order valence-corrected chi connectivity index (χ0v) is 22.6. The molecule has 2 unspecified atom stereocenters. The van der Waals surface area contributed by atoms with Crippen LogP contribution in [-0.4, -0.2) is 22.7 Å². The average Bonchev–Trinajstić information content (AvgIpc) is 2.87. The lowest BCUT2D eigenvalue weighted by atomic mass is 9.98. The number of alkyl halides is 1. The first-order valence-corrected chi connectivity index (χ1v) is 14.3. The van der Waals surface area contributed by atoms with Gasteiger partial charge in [0.2, 0.25) is 0 Å². The molecule has 1 aromatic carbocycles. The van der Waals surface area contributed by atoms with Crippen molar-refractivity contribution in [2.45, 2.75) is 123 Å². The molecule has 0 spiro atoms. The predicted molar refractivity (Wildman–Crippen MR) is 147 cm³/mol. The van der Waals surface area contributed by atoms with Crippen LogP contribution in [0.25, 0.3) is 11.4 Å². The number of unbranched alkanes of at least 4 members (excludes halogenated alkanes) is 10. The Labute approximate surface area is 214 Å². The van der Waals surface area contributed by atoms with Gasteiger partial charge in [-0.05, 0) is 30.7 Å². The maximum atomic E-state index is 14.3. The summed E-state index contributed by atoms with van der Waals surface area (Å²) in [4.78, 5) is 8.86. The topological polar surface area (TPSA) is 35.0 Å². The van der Waals surface area contributed by atoms with E-state index in [9.17, 15) is 4.39 Å². The van der Waals surface area contributed by atoms with Gasteiger partial charge < -0.3 is 4.74 Å². The molecule has 0 aliphatic heterocycles. The van der Waals surface area contributed by atoms with Crippen LogP contribution in [0.5, 0.6) is 5.75 Å². The highest BCUT2D eigenvalue weighted by Crippen LogP contribution is 2.20. The number of hydrogen-bond donors (Lipinski definition) is 0. The number of halogens is 1. The quantitative estimate of drug-likeness (QED) is 0.175.